The van der Waals surface area contributed by atoms with Gasteiger partial charge in [0, 0.05) is 12.0 Å². The second-order valence-electron chi connectivity index (χ2n) is 4.58. The second kappa shape index (κ2) is 5.64. The van der Waals surface area contributed by atoms with Crippen LogP contribution in [0.2, 0.25) is 0 Å². The summed E-state index contributed by atoms with van der Waals surface area (Å²) in [6.07, 6.45) is -8.24. The molecule has 0 aliphatic heterocycles. The topological polar surface area (TPSA) is 54.7 Å². The van der Waals surface area contributed by atoms with Crippen molar-refractivity contribution in [1.29, 1.82) is 0 Å². The van der Waals surface area contributed by atoms with Gasteiger partial charge in [-0.15, -0.1) is 0 Å². The molecule has 3 N–H and O–H groups in total. The van der Waals surface area contributed by atoms with Crippen LogP contribution in [0.15, 0.2) is 24.4 Å². The van der Waals surface area contributed by atoms with Crippen molar-refractivity contribution in [3.8, 4) is 11.3 Å². The molecular weight excluding hydrogens is 312 g/mol. The summed E-state index contributed by atoms with van der Waals surface area (Å²) in [5.41, 5.74) is 2.41. The van der Waals surface area contributed by atoms with Gasteiger partial charge in [-0.3, -0.25) is 0 Å². The quantitative estimate of drug-likeness (QED) is 0.848. The molecule has 3 nitrogen and oxygen atoms in total. The van der Waals surface area contributed by atoms with E-state index in [1.807, 2.05) is 0 Å². The Bertz CT molecular complexity index is 624. The molecule has 2 rings (SSSR count). The van der Waals surface area contributed by atoms with Gasteiger partial charge in [0.25, 0.3) is 0 Å². The lowest BCUT2D eigenvalue weighted by molar-refractivity contribution is -0.143. The lowest BCUT2D eigenvalue weighted by Crippen LogP contribution is -2.11. The number of H-pyrrole nitrogens is 1. The molecule has 120 valence electrons. The minimum atomic E-state index is -4.88. The first kappa shape index (κ1) is 16.3. The Labute approximate surface area is 121 Å². The third-order valence-electron chi connectivity index (χ3n) is 2.91. The molecule has 0 saturated heterocycles. The highest BCUT2D eigenvalue weighted by Crippen LogP contribution is 2.38. The molecule has 9 heteroatoms. The van der Waals surface area contributed by atoms with Crippen LogP contribution in [0, 0.1) is 0 Å². The third-order valence-corrected chi connectivity index (χ3v) is 2.91. The fourth-order valence-electron chi connectivity index (χ4n) is 1.88. The summed E-state index contributed by atoms with van der Waals surface area (Å²) in [6, 6.07) is 1.38. The Morgan fingerprint density at radius 1 is 0.955 bits per heavy atom. The Morgan fingerprint density at radius 3 is 1.95 bits per heavy atom. The molecule has 1 aromatic carbocycles. The van der Waals surface area contributed by atoms with E-state index < -0.39 is 23.5 Å². The van der Waals surface area contributed by atoms with Crippen molar-refractivity contribution in [3.05, 3.63) is 41.3 Å². The summed E-state index contributed by atoms with van der Waals surface area (Å²) in [4.78, 5) is 6.53. The fraction of sp³-hybridized carbons (Fsp3) is 0.308. The first-order valence-electron chi connectivity index (χ1n) is 6.15. The van der Waals surface area contributed by atoms with Crippen molar-refractivity contribution in [3.63, 3.8) is 0 Å². The van der Waals surface area contributed by atoms with Gasteiger partial charge in [-0.2, -0.15) is 26.3 Å². The standard InChI is InChI=1S/C13H11F6N3/c14-12(15,16)8-3-7(4-9(5-8)13(17,18)19)10-6-21-11(22-10)1-2-20/h3-6H,1-2,20H2,(H,21,22). The largest absolute Gasteiger partial charge is 0.416 e. The number of nitrogens with zero attached hydrogens (tertiary/aromatic N) is 1. The number of nitrogens with one attached hydrogen (secondary N) is 1. The van der Waals surface area contributed by atoms with Crippen LogP contribution in [-0.2, 0) is 18.8 Å². The Kier molecular flexibility index (Phi) is 4.19. The number of rotatable bonds is 3. The summed E-state index contributed by atoms with van der Waals surface area (Å²) in [5, 5.41) is 0. The molecule has 0 aliphatic carbocycles. The summed E-state index contributed by atoms with van der Waals surface area (Å²) >= 11 is 0. The average molecular weight is 323 g/mol. The molecule has 0 spiro atoms. The monoisotopic (exact) mass is 323 g/mol. The molecule has 0 unspecified atom stereocenters. The van der Waals surface area contributed by atoms with E-state index in [4.69, 9.17) is 5.73 Å². The number of aromatic amines is 1. The summed E-state index contributed by atoms with van der Waals surface area (Å²) in [5.74, 6) is 0.392. The van der Waals surface area contributed by atoms with Gasteiger partial charge in [0.1, 0.15) is 5.82 Å². The van der Waals surface area contributed by atoms with E-state index in [-0.39, 0.29) is 23.9 Å². The number of hydrogen-bond acceptors (Lipinski definition) is 2. The van der Waals surface area contributed by atoms with Gasteiger partial charge >= 0.3 is 12.4 Å². The zero-order valence-electron chi connectivity index (χ0n) is 11.0. The van der Waals surface area contributed by atoms with Crippen LogP contribution in [-0.4, -0.2) is 16.5 Å². The van der Waals surface area contributed by atoms with E-state index in [1.54, 1.807) is 0 Å². The molecule has 1 heterocycles. The average Bonchev–Trinajstić information content (AvgIpc) is 2.85. The fourth-order valence-corrected chi connectivity index (χ4v) is 1.88. The normalized spacial score (nSPS) is 12.7. The van der Waals surface area contributed by atoms with Crippen molar-refractivity contribution >= 4 is 0 Å². The summed E-state index contributed by atoms with van der Waals surface area (Å²) in [6.45, 7) is 0.253. The predicted molar refractivity (Wildman–Crippen MR) is 66.8 cm³/mol. The molecule has 0 saturated carbocycles. The Morgan fingerprint density at radius 2 is 1.50 bits per heavy atom. The highest BCUT2D eigenvalue weighted by atomic mass is 19.4. The van der Waals surface area contributed by atoms with Crippen LogP contribution in [0.5, 0.6) is 0 Å². The number of alkyl halides is 6. The van der Waals surface area contributed by atoms with Crippen LogP contribution >= 0.6 is 0 Å². The minimum absolute atomic E-state index is 0.0695. The zero-order chi connectivity index (χ0) is 16.5. The number of benzene rings is 1. The number of halogens is 6. The van der Waals surface area contributed by atoms with Crippen molar-refractivity contribution in [1.82, 2.24) is 9.97 Å². The van der Waals surface area contributed by atoms with Gasteiger partial charge < -0.3 is 10.7 Å². The Balaban J connectivity index is 2.54. The maximum atomic E-state index is 12.8. The maximum Gasteiger partial charge on any atom is 0.416 e. The zero-order valence-corrected chi connectivity index (χ0v) is 11.0. The highest BCUT2D eigenvalue weighted by Gasteiger charge is 2.37. The minimum Gasteiger partial charge on any atom is -0.342 e. The maximum absolute atomic E-state index is 12.8. The summed E-state index contributed by atoms with van der Waals surface area (Å²) in [7, 11) is 0. The molecule has 0 aliphatic rings. The molecule has 0 atom stereocenters. The SMILES string of the molecule is NCCc1ncc(-c2cc(C(F)(F)F)cc(C(F)(F)F)c2)[nH]1. The molecule has 0 radical (unpaired) electrons. The van der Waals surface area contributed by atoms with Gasteiger partial charge in [-0.1, -0.05) is 0 Å². The first-order valence-corrected chi connectivity index (χ1v) is 6.15. The highest BCUT2D eigenvalue weighted by molar-refractivity contribution is 5.61. The number of imidazole rings is 1. The van der Waals surface area contributed by atoms with Crippen LogP contribution in [0.3, 0.4) is 0 Å². The van der Waals surface area contributed by atoms with Crippen molar-refractivity contribution in [2.24, 2.45) is 5.73 Å². The van der Waals surface area contributed by atoms with Crippen molar-refractivity contribution < 1.29 is 26.3 Å². The van der Waals surface area contributed by atoms with Gasteiger partial charge in [-0.05, 0) is 24.7 Å². The van der Waals surface area contributed by atoms with E-state index in [0.717, 1.165) is 0 Å². The molecule has 0 bridgehead atoms. The van der Waals surface area contributed by atoms with Crippen LogP contribution in [0.1, 0.15) is 17.0 Å². The number of aromatic nitrogens is 2. The third kappa shape index (κ3) is 3.59. The second-order valence-corrected chi connectivity index (χ2v) is 4.58. The van der Waals surface area contributed by atoms with Crippen LogP contribution in [0.4, 0.5) is 26.3 Å². The molecule has 22 heavy (non-hydrogen) atoms. The lowest BCUT2D eigenvalue weighted by Gasteiger charge is -2.13. The van der Waals surface area contributed by atoms with E-state index >= 15 is 0 Å². The van der Waals surface area contributed by atoms with Gasteiger partial charge in [0.05, 0.1) is 23.0 Å². The lowest BCUT2D eigenvalue weighted by atomic mass is 10.0. The molecule has 2 aromatic rings. The van der Waals surface area contributed by atoms with E-state index in [9.17, 15) is 26.3 Å². The predicted octanol–water partition coefficient (Wildman–Crippen LogP) is 3.62. The van der Waals surface area contributed by atoms with E-state index in [1.165, 1.54) is 6.20 Å². The molecule has 0 fully saturated rings. The number of nitrogens with two attached hydrogens (primary N) is 1. The Hall–Kier alpha value is -2.03. The number of hydrogen-bond donors (Lipinski definition) is 2. The van der Waals surface area contributed by atoms with E-state index in [0.29, 0.717) is 24.4 Å². The van der Waals surface area contributed by atoms with Crippen molar-refractivity contribution in [2.45, 2.75) is 18.8 Å². The molecule has 1 aromatic heterocycles. The molecular formula is C13H11F6N3. The molecule has 0 amide bonds. The first-order chi connectivity index (χ1) is 10.1. The van der Waals surface area contributed by atoms with Gasteiger partial charge in [0.15, 0.2) is 0 Å². The van der Waals surface area contributed by atoms with Crippen LogP contribution in [0.25, 0.3) is 11.3 Å². The van der Waals surface area contributed by atoms with Crippen LogP contribution < -0.4 is 5.73 Å². The van der Waals surface area contributed by atoms with Gasteiger partial charge in [-0.25, -0.2) is 4.98 Å². The van der Waals surface area contributed by atoms with E-state index in [2.05, 4.69) is 9.97 Å². The van der Waals surface area contributed by atoms with Crippen molar-refractivity contribution in [2.75, 3.05) is 6.54 Å². The summed E-state index contributed by atoms with van der Waals surface area (Å²) < 4.78 is 76.6. The van der Waals surface area contributed by atoms with Gasteiger partial charge in [0.2, 0.25) is 0 Å². The smallest absolute Gasteiger partial charge is 0.342 e.